The lowest BCUT2D eigenvalue weighted by atomic mass is 9.88. The van der Waals surface area contributed by atoms with Gasteiger partial charge < -0.3 is 4.74 Å². The van der Waals surface area contributed by atoms with Crippen LogP contribution in [0.5, 0.6) is 0 Å². The first-order valence-corrected chi connectivity index (χ1v) is 5.80. The molecular weight excluding hydrogens is 324 g/mol. The maximum atomic E-state index is 12.4. The van der Waals surface area contributed by atoms with Crippen LogP contribution in [0.4, 0.5) is 13.2 Å². The molecule has 2 nitrogen and oxygen atoms in total. The van der Waals surface area contributed by atoms with E-state index in [1.165, 1.54) is 13.2 Å². The molecule has 17 heavy (non-hydrogen) atoms. The fraction of sp³-hybridized carbons (Fsp3) is 0.700. The van der Waals surface area contributed by atoms with Crippen LogP contribution in [0.15, 0.2) is 12.2 Å². The molecule has 0 fully saturated rings. The van der Waals surface area contributed by atoms with Crippen LogP contribution in [0, 0.1) is 5.41 Å². The molecule has 0 amide bonds. The third-order valence-corrected chi connectivity index (χ3v) is 3.00. The summed E-state index contributed by atoms with van der Waals surface area (Å²) in [6, 6.07) is 0. The van der Waals surface area contributed by atoms with Crippen molar-refractivity contribution in [3.8, 4) is 0 Å². The molecule has 0 aliphatic carbocycles. The van der Waals surface area contributed by atoms with Gasteiger partial charge in [-0.05, 0) is 11.5 Å². The van der Waals surface area contributed by atoms with Gasteiger partial charge in [-0.3, -0.25) is 4.79 Å². The summed E-state index contributed by atoms with van der Waals surface area (Å²) in [5.41, 5.74) is -0.772. The number of allylic oxidation sites excluding steroid dienone is 2. The first kappa shape index (κ1) is 16.8. The SMILES string of the molecule is COC(=O)CC(C)(C)C=CC(Cl)(Br)C(F)(F)F. The molecule has 0 bridgehead atoms. The molecule has 1 atom stereocenters. The van der Waals surface area contributed by atoms with Gasteiger partial charge in [0, 0.05) is 0 Å². The van der Waals surface area contributed by atoms with E-state index >= 15 is 0 Å². The van der Waals surface area contributed by atoms with Crippen molar-refractivity contribution >= 4 is 33.5 Å². The van der Waals surface area contributed by atoms with E-state index in [0.29, 0.717) is 0 Å². The van der Waals surface area contributed by atoms with Gasteiger partial charge >= 0.3 is 12.1 Å². The number of esters is 1. The Bertz CT molecular complexity index is 311. The van der Waals surface area contributed by atoms with Gasteiger partial charge in [0.25, 0.3) is 0 Å². The van der Waals surface area contributed by atoms with Crippen LogP contribution in [0.3, 0.4) is 0 Å². The minimum Gasteiger partial charge on any atom is -0.469 e. The van der Waals surface area contributed by atoms with Gasteiger partial charge in [0.2, 0.25) is 3.78 Å². The number of hydrogen-bond donors (Lipinski definition) is 0. The first-order chi connectivity index (χ1) is 7.41. The van der Waals surface area contributed by atoms with Crippen molar-refractivity contribution in [2.24, 2.45) is 5.41 Å². The molecule has 0 aromatic carbocycles. The fourth-order valence-electron chi connectivity index (χ4n) is 0.928. The molecule has 0 aromatic rings. The molecule has 0 aromatic heterocycles. The highest BCUT2D eigenvalue weighted by atomic mass is 79.9. The van der Waals surface area contributed by atoms with Gasteiger partial charge in [-0.2, -0.15) is 13.2 Å². The molecule has 0 radical (unpaired) electrons. The van der Waals surface area contributed by atoms with Crippen molar-refractivity contribution in [2.45, 2.75) is 30.2 Å². The van der Waals surface area contributed by atoms with Gasteiger partial charge in [-0.25, -0.2) is 0 Å². The summed E-state index contributed by atoms with van der Waals surface area (Å²) in [4.78, 5) is 11.0. The topological polar surface area (TPSA) is 26.3 Å². The van der Waals surface area contributed by atoms with Crippen molar-refractivity contribution < 1.29 is 22.7 Å². The first-order valence-electron chi connectivity index (χ1n) is 4.63. The third-order valence-electron chi connectivity index (χ3n) is 1.95. The number of carbonyl (C=O) groups excluding carboxylic acids is 1. The van der Waals surface area contributed by atoms with Crippen molar-refractivity contribution in [1.29, 1.82) is 0 Å². The second-order valence-corrected chi connectivity index (χ2v) is 6.50. The molecule has 0 spiro atoms. The summed E-state index contributed by atoms with van der Waals surface area (Å²) in [5.74, 6) is -0.499. The predicted molar refractivity (Wildman–Crippen MR) is 63.1 cm³/mol. The number of ether oxygens (including phenoxy) is 1. The van der Waals surface area contributed by atoms with Crippen LogP contribution in [-0.4, -0.2) is 23.0 Å². The smallest absolute Gasteiger partial charge is 0.421 e. The summed E-state index contributed by atoms with van der Waals surface area (Å²) < 4.78 is 39.1. The summed E-state index contributed by atoms with van der Waals surface area (Å²) in [6.07, 6.45) is -2.64. The molecule has 7 heteroatoms. The molecule has 0 saturated heterocycles. The Morgan fingerprint density at radius 2 is 1.82 bits per heavy atom. The zero-order chi connectivity index (χ0) is 13.9. The monoisotopic (exact) mass is 336 g/mol. The van der Waals surface area contributed by atoms with Crippen LogP contribution in [0.1, 0.15) is 20.3 Å². The lowest BCUT2D eigenvalue weighted by Gasteiger charge is -2.23. The predicted octanol–water partition coefficient (Wildman–Crippen LogP) is 4.02. The van der Waals surface area contributed by atoms with E-state index in [4.69, 9.17) is 11.6 Å². The fourth-order valence-corrected chi connectivity index (χ4v) is 1.12. The van der Waals surface area contributed by atoms with Crippen LogP contribution in [0.2, 0.25) is 0 Å². The Kier molecular flexibility index (Phi) is 5.53. The van der Waals surface area contributed by atoms with E-state index in [1.54, 1.807) is 13.8 Å². The molecular formula is C10H13BrClF3O2. The number of methoxy groups -OCH3 is 1. The van der Waals surface area contributed by atoms with Crippen molar-refractivity contribution in [2.75, 3.05) is 7.11 Å². The van der Waals surface area contributed by atoms with E-state index in [0.717, 1.165) is 6.08 Å². The molecule has 0 saturated carbocycles. The van der Waals surface area contributed by atoms with Crippen molar-refractivity contribution in [3.63, 3.8) is 0 Å². The van der Waals surface area contributed by atoms with Crippen molar-refractivity contribution in [3.05, 3.63) is 12.2 Å². The minimum absolute atomic E-state index is 0.0299. The average Bonchev–Trinajstić information content (AvgIpc) is 2.12. The molecule has 100 valence electrons. The zero-order valence-electron chi connectivity index (χ0n) is 9.57. The highest BCUT2D eigenvalue weighted by Crippen LogP contribution is 2.43. The Morgan fingerprint density at radius 1 is 1.35 bits per heavy atom. The van der Waals surface area contributed by atoms with Crippen molar-refractivity contribution in [1.82, 2.24) is 0 Å². The molecule has 0 rings (SSSR count). The lowest BCUT2D eigenvalue weighted by molar-refractivity contribution is -0.142. The number of alkyl halides is 5. The summed E-state index contributed by atoms with van der Waals surface area (Å²) in [5, 5.41) is 0. The molecule has 0 aliphatic heterocycles. The standard InChI is InChI=1S/C10H13BrClF3O2/c1-8(2,6-7(16)17-3)4-5-9(11,12)10(13,14)15/h4-5H,6H2,1-3H3. The highest BCUT2D eigenvalue weighted by molar-refractivity contribution is 9.10. The number of hydrogen-bond acceptors (Lipinski definition) is 2. The zero-order valence-corrected chi connectivity index (χ0v) is 11.9. The van der Waals surface area contributed by atoms with Gasteiger partial charge in [0.1, 0.15) is 0 Å². The van der Waals surface area contributed by atoms with E-state index in [2.05, 4.69) is 20.7 Å². The quantitative estimate of drug-likeness (QED) is 0.440. The Balaban J connectivity index is 4.77. The van der Waals surface area contributed by atoms with E-state index in [1.807, 2.05) is 0 Å². The van der Waals surface area contributed by atoms with Gasteiger partial charge in [0.15, 0.2) is 0 Å². The number of carbonyl (C=O) groups is 1. The molecule has 0 aliphatic rings. The number of rotatable bonds is 4. The van der Waals surface area contributed by atoms with Gasteiger partial charge in [-0.15, -0.1) is 0 Å². The maximum Gasteiger partial charge on any atom is 0.421 e. The van der Waals surface area contributed by atoms with Crippen LogP contribution in [0.25, 0.3) is 0 Å². The Hall–Kier alpha value is -0.230. The maximum absolute atomic E-state index is 12.4. The second kappa shape index (κ2) is 5.61. The second-order valence-electron chi connectivity index (χ2n) is 4.20. The summed E-state index contributed by atoms with van der Waals surface area (Å²) in [7, 11) is 1.22. The van der Waals surface area contributed by atoms with Gasteiger partial charge in [0.05, 0.1) is 13.5 Å². The minimum atomic E-state index is -4.62. The molecule has 1 unspecified atom stereocenters. The molecule has 0 N–H and O–H groups in total. The van der Waals surface area contributed by atoms with E-state index in [9.17, 15) is 18.0 Å². The number of halogens is 5. The summed E-state index contributed by atoms with van der Waals surface area (Å²) >= 11 is 7.65. The molecule has 0 heterocycles. The van der Waals surface area contributed by atoms with Gasteiger partial charge in [-0.1, -0.05) is 47.5 Å². The normalized spacial score (nSPS) is 16.9. The summed E-state index contributed by atoms with van der Waals surface area (Å²) in [6.45, 7) is 3.22. The van der Waals surface area contributed by atoms with Crippen LogP contribution < -0.4 is 0 Å². The average molecular weight is 338 g/mol. The van der Waals surface area contributed by atoms with Crippen LogP contribution in [-0.2, 0) is 9.53 Å². The lowest BCUT2D eigenvalue weighted by Crippen LogP contribution is -2.31. The van der Waals surface area contributed by atoms with Crippen LogP contribution >= 0.6 is 27.5 Å². The Morgan fingerprint density at radius 3 is 2.18 bits per heavy atom. The van der Waals surface area contributed by atoms with E-state index in [-0.39, 0.29) is 6.42 Å². The highest BCUT2D eigenvalue weighted by Gasteiger charge is 2.50. The third kappa shape index (κ3) is 5.77. The Labute approximate surface area is 111 Å². The van der Waals surface area contributed by atoms with E-state index < -0.39 is 21.3 Å². The largest absolute Gasteiger partial charge is 0.469 e.